The van der Waals surface area contributed by atoms with Gasteiger partial charge < -0.3 is 10.2 Å². The van der Waals surface area contributed by atoms with Gasteiger partial charge in [0.25, 0.3) is 0 Å². The SMILES string of the molecule is CCCCCCNC(=O)N(CCCC)CCCC. The highest BCUT2D eigenvalue weighted by Crippen LogP contribution is 2.01. The lowest BCUT2D eigenvalue weighted by Crippen LogP contribution is -2.41. The summed E-state index contributed by atoms with van der Waals surface area (Å²) >= 11 is 0. The highest BCUT2D eigenvalue weighted by Gasteiger charge is 2.10. The molecule has 0 aromatic heterocycles. The molecule has 0 aliphatic carbocycles. The summed E-state index contributed by atoms with van der Waals surface area (Å²) in [6.45, 7) is 9.17. The maximum Gasteiger partial charge on any atom is 0.317 e. The highest BCUT2D eigenvalue weighted by molar-refractivity contribution is 5.74. The second-order valence-corrected chi connectivity index (χ2v) is 4.99. The lowest BCUT2D eigenvalue weighted by atomic mass is 10.2. The van der Waals surface area contributed by atoms with Gasteiger partial charge >= 0.3 is 6.03 Å². The Hall–Kier alpha value is -0.730. The number of hydrogen-bond donors (Lipinski definition) is 1. The van der Waals surface area contributed by atoms with E-state index in [0.717, 1.165) is 51.7 Å². The van der Waals surface area contributed by atoms with Gasteiger partial charge in [0.15, 0.2) is 0 Å². The second-order valence-electron chi connectivity index (χ2n) is 4.99. The molecule has 1 N–H and O–H groups in total. The van der Waals surface area contributed by atoms with Crippen LogP contribution >= 0.6 is 0 Å². The second kappa shape index (κ2) is 12.7. The largest absolute Gasteiger partial charge is 0.338 e. The van der Waals surface area contributed by atoms with Crippen LogP contribution in [-0.2, 0) is 0 Å². The fourth-order valence-electron chi connectivity index (χ4n) is 1.87. The van der Waals surface area contributed by atoms with E-state index in [9.17, 15) is 4.79 Å². The molecule has 0 fully saturated rings. The number of nitrogens with one attached hydrogen (secondary N) is 1. The number of hydrogen-bond acceptors (Lipinski definition) is 1. The van der Waals surface area contributed by atoms with Gasteiger partial charge in [-0.1, -0.05) is 52.9 Å². The number of rotatable bonds is 11. The molecule has 108 valence electrons. The molecule has 0 bridgehead atoms. The summed E-state index contributed by atoms with van der Waals surface area (Å²) in [5, 5.41) is 3.05. The van der Waals surface area contributed by atoms with Crippen LogP contribution in [0.2, 0.25) is 0 Å². The van der Waals surface area contributed by atoms with Gasteiger partial charge in [0.2, 0.25) is 0 Å². The van der Waals surface area contributed by atoms with Gasteiger partial charge in [-0.25, -0.2) is 4.79 Å². The van der Waals surface area contributed by atoms with Crippen LogP contribution in [0.1, 0.15) is 72.1 Å². The number of unbranched alkanes of at least 4 members (excludes halogenated alkanes) is 5. The van der Waals surface area contributed by atoms with Gasteiger partial charge in [0, 0.05) is 19.6 Å². The number of nitrogens with zero attached hydrogens (tertiary/aromatic N) is 1. The van der Waals surface area contributed by atoms with E-state index in [0.29, 0.717) is 0 Å². The smallest absolute Gasteiger partial charge is 0.317 e. The van der Waals surface area contributed by atoms with Crippen LogP contribution in [0.15, 0.2) is 0 Å². The Morgan fingerprint density at radius 3 is 1.89 bits per heavy atom. The van der Waals surface area contributed by atoms with E-state index in [2.05, 4.69) is 26.1 Å². The molecular formula is C15H32N2O. The zero-order valence-electron chi connectivity index (χ0n) is 12.6. The molecule has 0 spiro atoms. The van der Waals surface area contributed by atoms with E-state index in [-0.39, 0.29) is 6.03 Å². The van der Waals surface area contributed by atoms with E-state index in [1.807, 2.05) is 4.90 Å². The van der Waals surface area contributed by atoms with Crippen LogP contribution in [0.4, 0.5) is 4.79 Å². The Kier molecular flexibility index (Phi) is 12.2. The maximum absolute atomic E-state index is 12.0. The van der Waals surface area contributed by atoms with Crippen LogP contribution in [0.25, 0.3) is 0 Å². The Morgan fingerprint density at radius 1 is 0.833 bits per heavy atom. The molecule has 0 saturated carbocycles. The Bertz CT molecular complexity index is 187. The van der Waals surface area contributed by atoms with Gasteiger partial charge in [-0.05, 0) is 19.3 Å². The fraction of sp³-hybridized carbons (Fsp3) is 0.933. The molecule has 0 aliphatic rings. The molecule has 18 heavy (non-hydrogen) atoms. The summed E-state index contributed by atoms with van der Waals surface area (Å²) in [7, 11) is 0. The molecule has 3 nitrogen and oxygen atoms in total. The molecule has 3 heteroatoms. The van der Waals surface area contributed by atoms with Crippen molar-refractivity contribution in [3.8, 4) is 0 Å². The number of carbonyl (C=O) groups is 1. The third-order valence-corrected chi connectivity index (χ3v) is 3.16. The van der Waals surface area contributed by atoms with E-state index in [1.54, 1.807) is 0 Å². The molecule has 0 radical (unpaired) electrons. The zero-order valence-corrected chi connectivity index (χ0v) is 12.6. The van der Waals surface area contributed by atoms with Crippen molar-refractivity contribution in [2.75, 3.05) is 19.6 Å². The highest BCUT2D eigenvalue weighted by atomic mass is 16.2. The minimum absolute atomic E-state index is 0.133. The molecule has 0 unspecified atom stereocenters. The summed E-state index contributed by atoms with van der Waals surface area (Å²) in [4.78, 5) is 14.0. The Labute approximate surface area is 113 Å². The van der Waals surface area contributed by atoms with Crippen LogP contribution < -0.4 is 5.32 Å². The average molecular weight is 256 g/mol. The van der Waals surface area contributed by atoms with Gasteiger partial charge in [0.1, 0.15) is 0 Å². The predicted octanol–water partition coefficient (Wildman–Crippen LogP) is 4.18. The minimum atomic E-state index is 0.133. The summed E-state index contributed by atoms with van der Waals surface area (Å²) in [5.74, 6) is 0. The van der Waals surface area contributed by atoms with Crippen LogP contribution in [0.3, 0.4) is 0 Å². The minimum Gasteiger partial charge on any atom is -0.338 e. The van der Waals surface area contributed by atoms with Crippen molar-refractivity contribution in [1.82, 2.24) is 10.2 Å². The van der Waals surface area contributed by atoms with Crippen molar-refractivity contribution >= 4 is 6.03 Å². The molecule has 0 heterocycles. The van der Waals surface area contributed by atoms with Crippen LogP contribution in [0, 0.1) is 0 Å². The molecule has 0 atom stereocenters. The fourth-order valence-corrected chi connectivity index (χ4v) is 1.87. The Balaban J connectivity index is 3.80. The predicted molar refractivity (Wildman–Crippen MR) is 78.9 cm³/mol. The van der Waals surface area contributed by atoms with Gasteiger partial charge in [-0.15, -0.1) is 0 Å². The van der Waals surface area contributed by atoms with Crippen molar-refractivity contribution in [1.29, 1.82) is 0 Å². The van der Waals surface area contributed by atoms with Crippen molar-refractivity contribution in [3.05, 3.63) is 0 Å². The summed E-state index contributed by atoms with van der Waals surface area (Å²) in [5.41, 5.74) is 0. The molecule has 2 amide bonds. The van der Waals surface area contributed by atoms with Crippen LogP contribution in [0.5, 0.6) is 0 Å². The third kappa shape index (κ3) is 9.32. The summed E-state index contributed by atoms with van der Waals surface area (Å²) in [6, 6.07) is 0.133. The van der Waals surface area contributed by atoms with Crippen molar-refractivity contribution in [3.63, 3.8) is 0 Å². The quantitative estimate of drug-likeness (QED) is 0.553. The number of amides is 2. The lowest BCUT2D eigenvalue weighted by molar-refractivity contribution is 0.196. The van der Waals surface area contributed by atoms with E-state index >= 15 is 0 Å². The Morgan fingerprint density at radius 2 is 1.39 bits per heavy atom. The van der Waals surface area contributed by atoms with E-state index in [1.165, 1.54) is 19.3 Å². The first kappa shape index (κ1) is 17.3. The maximum atomic E-state index is 12.0. The van der Waals surface area contributed by atoms with Crippen molar-refractivity contribution in [2.24, 2.45) is 0 Å². The lowest BCUT2D eigenvalue weighted by Gasteiger charge is -2.22. The van der Waals surface area contributed by atoms with E-state index in [4.69, 9.17) is 0 Å². The normalized spacial score (nSPS) is 10.4. The molecule has 0 aliphatic heterocycles. The monoisotopic (exact) mass is 256 g/mol. The summed E-state index contributed by atoms with van der Waals surface area (Å²) in [6.07, 6.45) is 9.34. The zero-order chi connectivity index (χ0) is 13.6. The molecule has 0 aromatic rings. The first-order valence-corrected chi connectivity index (χ1v) is 7.79. The number of carbonyl (C=O) groups excluding carboxylic acids is 1. The topological polar surface area (TPSA) is 32.3 Å². The van der Waals surface area contributed by atoms with Gasteiger partial charge in [-0.3, -0.25) is 0 Å². The van der Waals surface area contributed by atoms with Crippen molar-refractivity contribution < 1.29 is 4.79 Å². The molecular weight excluding hydrogens is 224 g/mol. The summed E-state index contributed by atoms with van der Waals surface area (Å²) < 4.78 is 0. The average Bonchev–Trinajstić information content (AvgIpc) is 2.38. The van der Waals surface area contributed by atoms with Gasteiger partial charge in [-0.2, -0.15) is 0 Å². The number of urea groups is 1. The van der Waals surface area contributed by atoms with Crippen LogP contribution in [-0.4, -0.2) is 30.6 Å². The van der Waals surface area contributed by atoms with E-state index < -0.39 is 0 Å². The molecule has 0 saturated heterocycles. The third-order valence-electron chi connectivity index (χ3n) is 3.16. The first-order chi connectivity index (χ1) is 8.76. The van der Waals surface area contributed by atoms with Gasteiger partial charge in [0.05, 0.1) is 0 Å². The molecule has 0 rings (SSSR count). The molecule has 0 aromatic carbocycles. The standard InChI is InChI=1S/C15H32N2O/c1-4-7-10-11-12-16-15(18)17(13-8-5-2)14-9-6-3/h4-14H2,1-3H3,(H,16,18). The van der Waals surface area contributed by atoms with Crippen molar-refractivity contribution in [2.45, 2.75) is 72.1 Å². The first-order valence-electron chi connectivity index (χ1n) is 7.79.